The van der Waals surface area contributed by atoms with Crippen LogP contribution in [-0.4, -0.2) is 11.5 Å². The van der Waals surface area contributed by atoms with Gasteiger partial charge in [0.05, 0.1) is 0 Å². The standard InChI is InChI=1S/C14H10F3IO2/c15-14(16,17)20-10-5-3-4-9(8-10)13(19)11-6-1-2-7-12(11)18/h1-8,13,19H. The lowest BCUT2D eigenvalue weighted by atomic mass is 10.0. The number of benzene rings is 2. The van der Waals surface area contributed by atoms with Crippen molar-refractivity contribution in [2.75, 3.05) is 0 Å². The topological polar surface area (TPSA) is 29.5 Å². The fraction of sp³-hybridized carbons (Fsp3) is 0.143. The Hall–Kier alpha value is -1.28. The van der Waals surface area contributed by atoms with Gasteiger partial charge in [0, 0.05) is 3.57 Å². The van der Waals surface area contributed by atoms with Gasteiger partial charge in [-0.25, -0.2) is 0 Å². The van der Waals surface area contributed by atoms with Crippen LogP contribution in [-0.2, 0) is 0 Å². The fourth-order valence-electron chi connectivity index (χ4n) is 1.76. The first-order valence-electron chi connectivity index (χ1n) is 5.65. The summed E-state index contributed by atoms with van der Waals surface area (Å²) in [7, 11) is 0. The minimum atomic E-state index is -4.75. The smallest absolute Gasteiger partial charge is 0.406 e. The molecule has 2 aromatic carbocycles. The molecule has 2 nitrogen and oxygen atoms in total. The van der Waals surface area contributed by atoms with Crippen molar-refractivity contribution >= 4 is 22.6 Å². The molecule has 0 aliphatic heterocycles. The Kier molecular flexibility index (Phi) is 4.54. The Morgan fingerprint density at radius 2 is 1.75 bits per heavy atom. The molecule has 0 saturated carbocycles. The Morgan fingerprint density at radius 1 is 1.05 bits per heavy atom. The molecule has 2 aromatic rings. The zero-order valence-electron chi connectivity index (χ0n) is 10.1. The van der Waals surface area contributed by atoms with E-state index in [-0.39, 0.29) is 5.75 Å². The van der Waals surface area contributed by atoms with E-state index in [9.17, 15) is 18.3 Å². The molecule has 0 aromatic heterocycles. The van der Waals surface area contributed by atoms with Crippen LogP contribution in [0.25, 0.3) is 0 Å². The first-order chi connectivity index (χ1) is 9.37. The Balaban J connectivity index is 2.29. The maximum absolute atomic E-state index is 12.2. The lowest BCUT2D eigenvalue weighted by Gasteiger charge is -2.15. The van der Waals surface area contributed by atoms with Gasteiger partial charge < -0.3 is 9.84 Å². The fourth-order valence-corrected chi connectivity index (χ4v) is 2.44. The van der Waals surface area contributed by atoms with E-state index in [0.29, 0.717) is 11.1 Å². The van der Waals surface area contributed by atoms with Gasteiger partial charge in [-0.15, -0.1) is 13.2 Å². The second kappa shape index (κ2) is 6.01. The van der Waals surface area contributed by atoms with Crippen molar-refractivity contribution in [3.63, 3.8) is 0 Å². The van der Waals surface area contributed by atoms with E-state index in [1.54, 1.807) is 18.2 Å². The number of hydrogen-bond acceptors (Lipinski definition) is 2. The van der Waals surface area contributed by atoms with Crippen LogP contribution >= 0.6 is 22.6 Å². The van der Waals surface area contributed by atoms with Gasteiger partial charge in [0.1, 0.15) is 11.9 Å². The average molecular weight is 394 g/mol. The molecule has 0 saturated heterocycles. The molecule has 0 bridgehead atoms. The second-order valence-corrected chi connectivity index (χ2v) is 5.21. The molecule has 20 heavy (non-hydrogen) atoms. The third-order valence-electron chi connectivity index (χ3n) is 2.61. The molecule has 0 aliphatic carbocycles. The number of rotatable bonds is 3. The van der Waals surface area contributed by atoms with Crippen LogP contribution in [0.4, 0.5) is 13.2 Å². The normalized spacial score (nSPS) is 13.1. The Morgan fingerprint density at radius 3 is 2.40 bits per heavy atom. The summed E-state index contributed by atoms with van der Waals surface area (Å²) in [6.45, 7) is 0. The monoisotopic (exact) mass is 394 g/mol. The molecule has 0 aliphatic rings. The Labute approximate surface area is 127 Å². The molecule has 1 N–H and O–H groups in total. The van der Waals surface area contributed by atoms with Gasteiger partial charge in [0.25, 0.3) is 0 Å². The highest BCUT2D eigenvalue weighted by molar-refractivity contribution is 14.1. The summed E-state index contributed by atoms with van der Waals surface area (Å²) in [5, 5.41) is 10.3. The number of alkyl halides is 3. The lowest BCUT2D eigenvalue weighted by molar-refractivity contribution is -0.274. The van der Waals surface area contributed by atoms with E-state index in [2.05, 4.69) is 27.3 Å². The van der Waals surface area contributed by atoms with Gasteiger partial charge in [-0.05, 0) is 51.9 Å². The molecule has 0 amide bonds. The first-order valence-corrected chi connectivity index (χ1v) is 6.73. The molecule has 106 valence electrons. The van der Waals surface area contributed by atoms with Crippen LogP contribution < -0.4 is 4.74 Å². The molecule has 0 spiro atoms. The van der Waals surface area contributed by atoms with E-state index in [1.807, 2.05) is 12.1 Å². The predicted octanol–water partition coefficient (Wildman–Crippen LogP) is 4.27. The van der Waals surface area contributed by atoms with Gasteiger partial charge in [-0.3, -0.25) is 0 Å². The van der Waals surface area contributed by atoms with Crippen molar-refractivity contribution < 1.29 is 23.0 Å². The van der Waals surface area contributed by atoms with Crippen LogP contribution in [0.1, 0.15) is 17.2 Å². The summed E-state index contributed by atoms with van der Waals surface area (Å²) < 4.78 is 41.2. The van der Waals surface area contributed by atoms with Gasteiger partial charge >= 0.3 is 6.36 Å². The van der Waals surface area contributed by atoms with Crippen molar-refractivity contribution in [2.45, 2.75) is 12.5 Å². The summed E-state index contributed by atoms with van der Waals surface area (Å²) in [5.41, 5.74) is 0.980. The minimum absolute atomic E-state index is 0.343. The zero-order chi connectivity index (χ0) is 14.8. The molecule has 1 atom stereocenters. The van der Waals surface area contributed by atoms with E-state index >= 15 is 0 Å². The highest BCUT2D eigenvalue weighted by Gasteiger charge is 2.31. The Bertz CT molecular complexity index is 599. The van der Waals surface area contributed by atoms with Gasteiger partial charge in [-0.1, -0.05) is 30.3 Å². The van der Waals surface area contributed by atoms with Gasteiger partial charge in [0.15, 0.2) is 0 Å². The first kappa shape index (κ1) is 15.1. The highest BCUT2D eigenvalue weighted by atomic mass is 127. The summed E-state index contributed by atoms with van der Waals surface area (Å²) in [5.74, 6) is -0.347. The number of halogens is 4. The maximum Gasteiger partial charge on any atom is 0.573 e. The van der Waals surface area contributed by atoms with Crippen LogP contribution in [0, 0.1) is 3.57 Å². The molecular weight excluding hydrogens is 384 g/mol. The van der Waals surface area contributed by atoms with E-state index in [0.717, 1.165) is 3.57 Å². The predicted molar refractivity (Wildman–Crippen MR) is 76.3 cm³/mol. The molecule has 0 fully saturated rings. The lowest BCUT2D eigenvalue weighted by Crippen LogP contribution is -2.17. The number of aliphatic hydroxyl groups excluding tert-OH is 1. The van der Waals surface area contributed by atoms with Crippen molar-refractivity contribution in [1.29, 1.82) is 0 Å². The van der Waals surface area contributed by atoms with E-state index in [1.165, 1.54) is 18.2 Å². The molecule has 2 rings (SSSR count). The van der Waals surface area contributed by atoms with Crippen LogP contribution in [0.5, 0.6) is 5.75 Å². The van der Waals surface area contributed by atoms with Gasteiger partial charge in [-0.2, -0.15) is 0 Å². The number of hydrogen-bond donors (Lipinski definition) is 1. The number of aliphatic hydroxyl groups is 1. The summed E-state index contributed by atoms with van der Waals surface area (Å²) in [4.78, 5) is 0. The van der Waals surface area contributed by atoms with Crippen molar-refractivity contribution in [3.05, 3.63) is 63.2 Å². The molecule has 0 heterocycles. The SMILES string of the molecule is OC(c1cccc(OC(F)(F)F)c1)c1ccccc1I. The zero-order valence-corrected chi connectivity index (χ0v) is 12.2. The van der Waals surface area contributed by atoms with Crippen molar-refractivity contribution in [1.82, 2.24) is 0 Å². The molecule has 0 radical (unpaired) electrons. The highest BCUT2D eigenvalue weighted by Crippen LogP contribution is 2.30. The summed E-state index contributed by atoms with van der Waals surface area (Å²) in [6, 6.07) is 12.5. The third-order valence-corrected chi connectivity index (χ3v) is 3.59. The average Bonchev–Trinajstić information content (AvgIpc) is 2.37. The van der Waals surface area contributed by atoms with Crippen LogP contribution in [0.2, 0.25) is 0 Å². The minimum Gasteiger partial charge on any atom is -0.406 e. The molecule has 1 unspecified atom stereocenters. The van der Waals surface area contributed by atoms with Crippen LogP contribution in [0.15, 0.2) is 48.5 Å². The quantitative estimate of drug-likeness (QED) is 0.789. The molecule has 6 heteroatoms. The van der Waals surface area contributed by atoms with Gasteiger partial charge in [0.2, 0.25) is 0 Å². The molecular formula is C14H10F3IO2. The largest absolute Gasteiger partial charge is 0.573 e. The van der Waals surface area contributed by atoms with E-state index in [4.69, 9.17) is 0 Å². The van der Waals surface area contributed by atoms with Crippen molar-refractivity contribution in [2.24, 2.45) is 0 Å². The summed E-state index contributed by atoms with van der Waals surface area (Å²) >= 11 is 2.06. The van der Waals surface area contributed by atoms with Crippen LogP contribution in [0.3, 0.4) is 0 Å². The van der Waals surface area contributed by atoms with E-state index < -0.39 is 12.5 Å². The third kappa shape index (κ3) is 3.86. The second-order valence-electron chi connectivity index (χ2n) is 4.04. The summed E-state index contributed by atoms with van der Waals surface area (Å²) in [6.07, 6.45) is -5.75. The van der Waals surface area contributed by atoms with Crippen molar-refractivity contribution in [3.8, 4) is 5.75 Å². The maximum atomic E-state index is 12.2. The number of ether oxygens (including phenoxy) is 1.